The van der Waals surface area contributed by atoms with Gasteiger partial charge in [-0.3, -0.25) is 4.79 Å². The molecule has 1 fully saturated rings. The van der Waals surface area contributed by atoms with Crippen LogP contribution in [0.3, 0.4) is 0 Å². The molecule has 2 rings (SSSR count). The predicted molar refractivity (Wildman–Crippen MR) is 184 cm³/mol. The van der Waals surface area contributed by atoms with Crippen LogP contribution >= 0.6 is 22.6 Å². The highest BCUT2D eigenvalue weighted by Crippen LogP contribution is 2.24. The minimum atomic E-state index is -1.60. The van der Waals surface area contributed by atoms with Gasteiger partial charge in [-0.2, -0.15) is 0 Å². The van der Waals surface area contributed by atoms with Gasteiger partial charge in [0.25, 0.3) is 0 Å². The second-order valence-corrected chi connectivity index (χ2v) is 13.1. The van der Waals surface area contributed by atoms with Gasteiger partial charge in [0.15, 0.2) is 6.29 Å². The third-order valence-corrected chi connectivity index (χ3v) is 9.02. The average Bonchev–Trinajstić information content (AvgIpc) is 3.05. The van der Waals surface area contributed by atoms with E-state index in [0.717, 1.165) is 28.4 Å². The van der Waals surface area contributed by atoms with E-state index >= 15 is 0 Å². The standard InChI is InChI=1S/C33H53IN4O8/c1-2-3-4-5-6-7-8-9-10-11-12-13-14-15-27(40)26(22-45-33-32(44)31(43)30(42)28(21-39)46-33)36-29(41)19-17-23-16-18-25(37-38-35)24(34)20-23/h14-16,18,20,26-28,30-33,39-40,42-44H,2-13,17,19,21-22H2,1H3,(H,36,41)/b15-14+/t26-,27+,28+,30+,31-,32+,33+/m0/s1. The number of aliphatic hydroxyl groups excluding tert-OH is 5. The van der Waals surface area contributed by atoms with Gasteiger partial charge in [0.05, 0.1) is 31.0 Å². The molecule has 1 aromatic carbocycles. The third kappa shape index (κ3) is 15.0. The Morgan fingerprint density at radius 2 is 1.72 bits per heavy atom. The molecule has 0 saturated carbocycles. The number of amides is 1. The maximum absolute atomic E-state index is 12.9. The van der Waals surface area contributed by atoms with E-state index in [1.807, 2.05) is 12.1 Å². The van der Waals surface area contributed by atoms with Crippen LogP contribution in [0.2, 0.25) is 0 Å². The van der Waals surface area contributed by atoms with Crippen molar-refractivity contribution in [3.8, 4) is 0 Å². The molecule has 0 bridgehead atoms. The maximum atomic E-state index is 12.9. The zero-order chi connectivity index (χ0) is 33.7. The van der Waals surface area contributed by atoms with E-state index < -0.39 is 49.5 Å². The molecule has 12 nitrogen and oxygen atoms in total. The summed E-state index contributed by atoms with van der Waals surface area (Å²) >= 11 is 2.06. The summed E-state index contributed by atoms with van der Waals surface area (Å²) in [6, 6.07) is 4.41. The van der Waals surface area contributed by atoms with Gasteiger partial charge < -0.3 is 40.3 Å². The van der Waals surface area contributed by atoms with Crippen LogP contribution in [0.25, 0.3) is 10.4 Å². The Hall–Kier alpha value is -1.81. The lowest BCUT2D eigenvalue weighted by Crippen LogP contribution is -2.60. The molecule has 1 amide bonds. The van der Waals surface area contributed by atoms with Crippen LogP contribution < -0.4 is 5.32 Å². The number of hydrogen-bond donors (Lipinski definition) is 6. The van der Waals surface area contributed by atoms with Crippen molar-refractivity contribution in [3.63, 3.8) is 0 Å². The average molecular weight is 761 g/mol. The van der Waals surface area contributed by atoms with E-state index in [-0.39, 0.29) is 18.9 Å². The van der Waals surface area contributed by atoms with E-state index in [1.165, 1.54) is 57.8 Å². The van der Waals surface area contributed by atoms with Crippen LogP contribution in [0.4, 0.5) is 5.69 Å². The molecule has 0 aliphatic carbocycles. The predicted octanol–water partition coefficient (Wildman–Crippen LogP) is 5.09. The third-order valence-electron chi connectivity index (χ3n) is 8.16. The van der Waals surface area contributed by atoms with E-state index in [2.05, 4.69) is 44.9 Å². The highest BCUT2D eigenvalue weighted by molar-refractivity contribution is 14.1. The van der Waals surface area contributed by atoms with E-state index in [4.69, 9.17) is 15.0 Å². The molecular formula is C33H53IN4O8. The minimum absolute atomic E-state index is 0.114. The topological polar surface area (TPSA) is 197 Å². The molecule has 1 aliphatic heterocycles. The first-order chi connectivity index (χ1) is 22.2. The van der Waals surface area contributed by atoms with Gasteiger partial charge in [-0.1, -0.05) is 101 Å². The van der Waals surface area contributed by atoms with Crippen molar-refractivity contribution >= 4 is 34.2 Å². The van der Waals surface area contributed by atoms with Crippen molar-refractivity contribution in [2.24, 2.45) is 5.11 Å². The number of allylic oxidation sites excluding steroid dienone is 1. The lowest BCUT2D eigenvalue weighted by molar-refractivity contribution is -0.302. The quantitative estimate of drug-likeness (QED) is 0.0222. The molecular weight excluding hydrogens is 707 g/mol. The first kappa shape index (κ1) is 40.4. The SMILES string of the molecule is CCCCCCCCCCCCC/C=C/[C@@H](O)[C@H](CO[C@@H]1O[C@H](CO)[C@@H](O)[C@H](O)[C@H]1O)NC(=O)CCc1ccc(N=[N+]=[N-])c(I)c1. The van der Waals surface area contributed by atoms with Gasteiger partial charge in [-0.05, 0) is 59.0 Å². The molecule has 7 atom stereocenters. The van der Waals surface area contributed by atoms with Crippen LogP contribution in [0.5, 0.6) is 0 Å². The summed E-state index contributed by atoms with van der Waals surface area (Å²) in [5.74, 6) is -0.339. The Morgan fingerprint density at radius 1 is 1.07 bits per heavy atom. The van der Waals surface area contributed by atoms with Crippen LogP contribution in [0, 0.1) is 3.57 Å². The summed E-state index contributed by atoms with van der Waals surface area (Å²) in [6.45, 7) is 1.37. The first-order valence-electron chi connectivity index (χ1n) is 16.6. The van der Waals surface area contributed by atoms with Crippen molar-refractivity contribution in [2.75, 3.05) is 13.2 Å². The number of azide groups is 1. The number of nitrogens with one attached hydrogen (secondary N) is 1. The number of aliphatic hydroxyl groups is 5. The number of rotatable bonds is 23. The number of halogens is 1. The number of ether oxygens (including phenoxy) is 2. The summed E-state index contributed by atoms with van der Waals surface area (Å²) in [4.78, 5) is 15.7. The number of nitrogens with zero attached hydrogens (tertiary/aromatic N) is 3. The molecule has 0 unspecified atom stereocenters. The van der Waals surface area contributed by atoms with Crippen LogP contribution in [-0.4, -0.2) is 87.5 Å². The molecule has 46 heavy (non-hydrogen) atoms. The van der Waals surface area contributed by atoms with Gasteiger partial charge in [-0.25, -0.2) is 0 Å². The number of aryl methyl sites for hydroxylation is 1. The van der Waals surface area contributed by atoms with Crippen LogP contribution in [0.1, 0.15) is 96.0 Å². The monoisotopic (exact) mass is 760 g/mol. The molecule has 0 radical (unpaired) electrons. The second-order valence-electron chi connectivity index (χ2n) is 11.9. The van der Waals surface area contributed by atoms with Gasteiger partial charge in [0.2, 0.25) is 5.91 Å². The second kappa shape index (κ2) is 23.5. The Labute approximate surface area is 286 Å². The van der Waals surface area contributed by atoms with Gasteiger partial charge in [0.1, 0.15) is 24.4 Å². The highest BCUT2D eigenvalue weighted by atomic mass is 127. The van der Waals surface area contributed by atoms with E-state index in [0.29, 0.717) is 12.1 Å². The van der Waals surface area contributed by atoms with Gasteiger partial charge in [0, 0.05) is 14.9 Å². The number of carbonyl (C=O) groups is 1. The molecule has 13 heteroatoms. The summed E-state index contributed by atoms with van der Waals surface area (Å²) < 4.78 is 11.8. The van der Waals surface area contributed by atoms with Crippen LogP contribution in [-0.2, 0) is 20.7 Å². The molecule has 1 aromatic rings. The zero-order valence-corrected chi connectivity index (χ0v) is 29.1. The van der Waals surface area contributed by atoms with E-state index in [1.54, 1.807) is 18.2 Å². The van der Waals surface area contributed by atoms with Gasteiger partial charge in [-0.15, -0.1) is 0 Å². The largest absolute Gasteiger partial charge is 0.394 e. The Kier molecular flexibility index (Phi) is 20.6. The van der Waals surface area contributed by atoms with Crippen molar-refractivity contribution in [3.05, 3.63) is 49.9 Å². The number of benzene rings is 1. The number of carbonyl (C=O) groups excluding carboxylic acids is 1. The minimum Gasteiger partial charge on any atom is -0.394 e. The Morgan fingerprint density at radius 3 is 2.33 bits per heavy atom. The normalized spacial score (nSPS) is 22.8. The van der Waals surface area contributed by atoms with Crippen LogP contribution in [0.15, 0.2) is 35.5 Å². The molecule has 1 saturated heterocycles. The molecule has 1 heterocycles. The first-order valence-corrected chi connectivity index (χ1v) is 17.7. The fraction of sp³-hybridized carbons (Fsp3) is 0.727. The summed E-state index contributed by atoms with van der Waals surface area (Å²) in [7, 11) is 0. The van der Waals surface area contributed by atoms with Crippen molar-refractivity contribution in [1.29, 1.82) is 0 Å². The molecule has 1 aliphatic rings. The lowest BCUT2D eigenvalue weighted by atomic mass is 9.99. The number of hydrogen-bond acceptors (Lipinski definition) is 9. The van der Waals surface area contributed by atoms with Crippen molar-refractivity contribution in [2.45, 2.75) is 140 Å². The molecule has 0 aromatic heterocycles. The zero-order valence-electron chi connectivity index (χ0n) is 26.9. The van der Waals surface area contributed by atoms with E-state index in [9.17, 15) is 30.3 Å². The highest BCUT2D eigenvalue weighted by Gasteiger charge is 2.44. The summed E-state index contributed by atoms with van der Waals surface area (Å²) in [6.07, 6.45) is 10.2. The summed E-state index contributed by atoms with van der Waals surface area (Å²) in [5.41, 5.74) is 10.1. The van der Waals surface area contributed by atoms with Gasteiger partial charge >= 0.3 is 0 Å². The maximum Gasteiger partial charge on any atom is 0.220 e. The van der Waals surface area contributed by atoms with Crippen molar-refractivity contribution < 1.29 is 39.8 Å². The lowest BCUT2D eigenvalue weighted by Gasteiger charge is -2.40. The molecule has 260 valence electrons. The number of unbranched alkanes of at least 4 members (excludes halogenated alkanes) is 11. The Bertz CT molecular complexity index is 1090. The molecule has 6 N–H and O–H groups in total. The molecule has 0 spiro atoms. The smallest absolute Gasteiger partial charge is 0.220 e. The van der Waals surface area contributed by atoms with Crippen molar-refractivity contribution in [1.82, 2.24) is 5.32 Å². The summed E-state index contributed by atoms with van der Waals surface area (Å²) in [5, 5.41) is 57.3. The fourth-order valence-electron chi connectivity index (χ4n) is 5.30. The fourth-order valence-corrected chi connectivity index (χ4v) is 5.99. The Balaban J connectivity index is 1.89.